The van der Waals surface area contributed by atoms with Crippen molar-refractivity contribution in [1.29, 1.82) is 0 Å². The molecule has 0 fully saturated rings. The summed E-state index contributed by atoms with van der Waals surface area (Å²) in [5.74, 6) is -1.60. The van der Waals surface area contributed by atoms with Crippen LogP contribution in [0.5, 0.6) is 0 Å². The number of benzene rings is 2. The maximum Gasteiger partial charge on any atom is 0.412 e. The van der Waals surface area contributed by atoms with Crippen LogP contribution < -0.4 is 10.6 Å². The molecular formula is C26H28N4O5. The minimum Gasteiger partial charge on any atom is -0.481 e. The number of carboxylic acid groups (broad SMARTS) is 1. The Morgan fingerprint density at radius 2 is 1.71 bits per heavy atom. The summed E-state index contributed by atoms with van der Waals surface area (Å²) in [5, 5.41) is 18.4. The second-order valence-corrected chi connectivity index (χ2v) is 8.62. The van der Waals surface area contributed by atoms with Gasteiger partial charge in [-0.15, -0.1) is 0 Å². The molecule has 182 valence electrons. The monoisotopic (exact) mass is 476 g/mol. The number of nitrogens with one attached hydrogen (secondary N) is 2. The van der Waals surface area contributed by atoms with E-state index in [4.69, 9.17) is 9.84 Å². The van der Waals surface area contributed by atoms with Gasteiger partial charge in [0.05, 0.1) is 12.1 Å². The molecule has 3 N–H and O–H groups in total. The van der Waals surface area contributed by atoms with Crippen LogP contribution in [-0.4, -0.2) is 46.0 Å². The number of nitrogens with zero attached hydrogens (tertiary/aromatic N) is 2. The predicted octanol–water partition coefficient (Wildman–Crippen LogP) is 4.01. The molecule has 0 spiro atoms. The second-order valence-electron chi connectivity index (χ2n) is 8.62. The number of anilines is 1. The summed E-state index contributed by atoms with van der Waals surface area (Å²) in [7, 11) is 1.62. The van der Waals surface area contributed by atoms with Crippen LogP contribution in [0.1, 0.15) is 47.2 Å². The number of hydrogen-bond acceptors (Lipinski definition) is 5. The maximum atomic E-state index is 12.7. The molecule has 1 unspecified atom stereocenters. The van der Waals surface area contributed by atoms with Crippen LogP contribution in [0.2, 0.25) is 0 Å². The third-order valence-electron chi connectivity index (χ3n) is 6.27. The van der Waals surface area contributed by atoms with Crippen LogP contribution in [0.25, 0.3) is 11.1 Å². The molecule has 3 aromatic rings. The number of aromatic nitrogens is 2. The van der Waals surface area contributed by atoms with Crippen LogP contribution >= 0.6 is 0 Å². The first kappa shape index (κ1) is 24.0. The zero-order valence-corrected chi connectivity index (χ0v) is 19.7. The van der Waals surface area contributed by atoms with Crippen molar-refractivity contribution in [3.05, 3.63) is 71.4 Å². The Hall–Kier alpha value is -4.14. The van der Waals surface area contributed by atoms with Gasteiger partial charge in [-0.1, -0.05) is 55.5 Å². The number of fused-ring (bicyclic) bond motifs is 3. The van der Waals surface area contributed by atoms with Gasteiger partial charge in [-0.05, 0) is 35.1 Å². The molecule has 9 heteroatoms. The van der Waals surface area contributed by atoms with Crippen molar-refractivity contribution in [3.8, 4) is 11.1 Å². The topological polar surface area (TPSA) is 123 Å². The number of aryl methyl sites for hydroxylation is 1. The van der Waals surface area contributed by atoms with E-state index in [-0.39, 0.29) is 23.9 Å². The number of ether oxygens (including phenoxy) is 1. The molecule has 0 radical (unpaired) electrons. The van der Waals surface area contributed by atoms with Crippen molar-refractivity contribution in [2.45, 2.75) is 25.7 Å². The number of carboxylic acids is 1. The SMILES string of the molecule is CC(CCCNC(=O)c1cnn(C)c1NC(=O)OCC1c2ccccc2-c2ccccc21)C(=O)O. The van der Waals surface area contributed by atoms with E-state index in [0.717, 1.165) is 22.3 Å². The molecule has 35 heavy (non-hydrogen) atoms. The summed E-state index contributed by atoms with van der Waals surface area (Å²) in [6.07, 6.45) is 1.66. The van der Waals surface area contributed by atoms with E-state index in [0.29, 0.717) is 19.4 Å². The first-order valence-electron chi connectivity index (χ1n) is 11.5. The van der Waals surface area contributed by atoms with Crippen molar-refractivity contribution in [2.75, 3.05) is 18.5 Å². The molecule has 9 nitrogen and oxygen atoms in total. The standard InChI is InChI=1S/C26H28N4O5/c1-16(25(32)33)8-7-13-27-24(31)21-14-28-30(2)23(21)29-26(34)35-15-22-19-11-5-3-9-17(19)18-10-4-6-12-20(18)22/h3-6,9-12,14,16,22H,7-8,13,15H2,1-2H3,(H,27,31)(H,29,34)(H,32,33). The zero-order valence-electron chi connectivity index (χ0n) is 19.7. The number of amides is 2. The highest BCUT2D eigenvalue weighted by Gasteiger charge is 2.29. The summed E-state index contributed by atoms with van der Waals surface area (Å²) in [5.41, 5.74) is 4.70. The minimum absolute atomic E-state index is 0.0735. The summed E-state index contributed by atoms with van der Waals surface area (Å²) in [4.78, 5) is 36.2. The summed E-state index contributed by atoms with van der Waals surface area (Å²) in [6.45, 7) is 2.10. The van der Waals surface area contributed by atoms with Gasteiger partial charge >= 0.3 is 12.1 Å². The Morgan fingerprint density at radius 3 is 2.34 bits per heavy atom. The zero-order chi connectivity index (χ0) is 24.9. The van der Waals surface area contributed by atoms with Crippen molar-refractivity contribution >= 4 is 23.8 Å². The van der Waals surface area contributed by atoms with Gasteiger partial charge in [0.1, 0.15) is 18.0 Å². The van der Waals surface area contributed by atoms with Crippen LogP contribution in [0, 0.1) is 5.92 Å². The van der Waals surface area contributed by atoms with Crippen LogP contribution in [0.15, 0.2) is 54.7 Å². The largest absolute Gasteiger partial charge is 0.481 e. The summed E-state index contributed by atoms with van der Waals surface area (Å²) < 4.78 is 6.96. The molecule has 2 aromatic carbocycles. The lowest BCUT2D eigenvalue weighted by Gasteiger charge is -2.15. The smallest absolute Gasteiger partial charge is 0.412 e. The van der Waals surface area contributed by atoms with Crippen LogP contribution in [0.3, 0.4) is 0 Å². The quantitative estimate of drug-likeness (QED) is 0.401. The molecule has 0 aliphatic heterocycles. The normalized spacial score (nSPS) is 13.0. The Balaban J connectivity index is 1.36. The predicted molar refractivity (Wildman–Crippen MR) is 130 cm³/mol. The van der Waals surface area contributed by atoms with Gasteiger partial charge in [0.25, 0.3) is 5.91 Å². The first-order valence-corrected chi connectivity index (χ1v) is 11.5. The van der Waals surface area contributed by atoms with E-state index in [2.05, 4.69) is 27.9 Å². The van der Waals surface area contributed by atoms with Crippen LogP contribution in [-0.2, 0) is 16.6 Å². The average molecular weight is 477 g/mol. The van der Waals surface area contributed by atoms with E-state index < -0.39 is 23.9 Å². The molecule has 0 saturated heterocycles. The van der Waals surface area contributed by atoms with Gasteiger partial charge in [0, 0.05) is 19.5 Å². The molecule has 1 aliphatic carbocycles. The maximum absolute atomic E-state index is 12.7. The van der Waals surface area contributed by atoms with Crippen molar-refractivity contribution < 1.29 is 24.2 Å². The van der Waals surface area contributed by atoms with E-state index in [9.17, 15) is 14.4 Å². The third kappa shape index (κ3) is 5.18. The van der Waals surface area contributed by atoms with E-state index in [1.165, 1.54) is 10.9 Å². The minimum atomic E-state index is -0.863. The van der Waals surface area contributed by atoms with E-state index in [1.54, 1.807) is 14.0 Å². The molecule has 1 atom stereocenters. The average Bonchev–Trinajstić information content (AvgIpc) is 3.37. The molecule has 0 saturated carbocycles. The summed E-state index contributed by atoms with van der Waals surface area (Å²) >= 11 is 0. The van der Waals surface area contributed by atoms with Gasteiger partial charge < -0.3 is 15.2 Å². The third-order valence-corrected chi connectivity index (χ3v) is 6.27. The number of aliphatic carboxylic acids is 1. The molecule has 1 heterocycles. The Labute approximate surface area is 203 Å². The Kier molecular flexibility index (Phi) is 7.14. The number of hydrogen-bond donors (Lipinski definition) is 3. The summed E-state index contributed by atoms with van der Waals surface area (Å²) in [6, 6.07) is 16.2. The highest BCUT2D eigenvalue weighted by atomic mass is 16.5. The van der Waals surface area contributed by atoms with Gasteiger partial charge in [-0.2, -0.15) is 5.10 Å². The molecule has 1 aromatic heterocycles. The van der Waals surface area contributed by atoms with E-state index in [1.807, 2.05) is 36.4 Å². The Bertz CT molecular complexity index is 1210. The van der Waals surface area contributed by atoms with Crippen molar-refractivity contribution in [2.24, 2.45) is 13.0 Å². The lowest BCUT2D eigenvalue weighted by Crippen LogP contribution is -2.27. The number of carbonyl (C=O) groups is 3. The Morgan fingerprint density at radius 1 is 1.09 bits per heavy atom. The fraction of sp³-hybridized carbons (Fsp3) is 0.308. The molecule has 0 bridgehead atoms. The lowest BCUT2D eigenvalue weighted by atomic mass is 9.98. The lowest BCUT2D eigenvalue weighted by molar-refractivity contribution is -0.141. The highest BCUT2D eigenvalue weighted by molar-refractivity contribution is 6.01. The fourth-order valence-electron chi connectivity index (χ4n) is 4.31. The van der Waals surface area contributed by atoms with Gasteiger partial charge in [0.15, 0.2) is 0 Å². The van der Waals surface area contributed by atoms with Crippen molar-refractivity contribution in [1.82, 2.24) is 15.1 Å². The first-order chi connectivity index (χ1) is 16.9. The van der Waals surface area contributed by atoms with Gasteiger partial charge in [-0.3, -0.25) is 19.6 Å². The highest BCUT2D eigenvalue weighted by Crippen LogP contribution is 2.44. The van der Waals surface area contributed by atoms with Crippen LogP contribution in [0.4, 0.5) is 10.6 Å². The number of carbonyl (C=O) groups excluding carboxylic acids is 2. The molecule has 4 rings (SSSR count). The van der Waals surface area contributed by atoms with Gasteiger partial charge in [-0.25, -0.2) is 4.79 Å². The molecule has 2 amide bonds. The van der Waals surface area contributed by atoms with E-state index >= 15 is 0 Å². The van der Waals surface area contributed by atoms with Gasteiger partial charge in [0.2, 0.25) is 0 Å². The fourth-order valence-corrected chi connectivity index (χ4v) is 4.31. The molecule has 1 aliphatic rings. The molecular weight excluding hydrogens is 448 g/mol. The second kappa shape index (κ2) is 10.4. The van der Waals surface area contributed by atoms with Crippen molar-refractivity contribution in [3.63, 3.8) is 0 Å². The number of rotatable bonds is 9.